The van der Waals surface area contributed by atoms with Gasteiger partial charge in [-0.05, 0) is 44.5 Å². The molecule has 9 nitrogen and oxygen atoms in total. The van der Waals surface area contributed by atoms with Crippen molar-refractivity contribution in [2.45, 2.75) is 37.9 Å². The second-order valence-corrected chi connectivity index (χ2v) is 7.95. The van der Waals surface area contributed by atoms with E-state index in [4.69, 9.17) is 9.90 Å². The number of halogens is 3. The van der Waals surface area contributed by atoms with Gasteiger partial charge in [0.25, 0.3) is 0 Å². The van der Waals surface area contributed by atoms with Crippen LogP contribution < -0.4 is 16.3 Å². The largest absolute Gasteiger partial charge is 0.490 e. The Hall–Kier alpha value is -3.59. The number of para-hydroxylation sites is 1. The summed E-state index contributed by atoms with van der Waals surface area (Å²) >= 11 is 0. The summed E-state index contributed by atoms with van der Waals surface area (Å²) in [4.78, 5) is 45.5. The number of carboxylic acids is 1. The standard InChI is InChI=1S/C20H22N4O3.C2HF3O2/c1-23-18-14(6-5-13-9-11-21-12-10-13)3-2-4-15(18)24(20(23)27)16-7-8-17(25)22-19(16)26;3-2(4,5)1(6)7/h2-4,13,16,21H,7-12H2,1H3,(H,22,25,26);(H,6,7). The summed E-state index contributed by atoms with van der Waals surface area (Å²) in [7, 11) is 1.70. The lowest BCUT2D eigenvalue weighted by molar-refractivity contribution is -0.192. The van der Waals surface area contributed by atoms with Crippen molar-refractivity contribution in [1.82, 2.24) is 19.8 Å². The van der Waals surface area contributed by atoms with Gasteiger partial charge in [0, 0.05) is 19.4 Å². The molecule has 0 saturated carbocycles. The Bertz CT molecular complexity index is 1230. The SMILES string of the molecule is Cn1c(=O)n(C2CCC(=O)NC2=O)c2cccc(C#CC3CCNCC3)c21.O=C(O)C(F)(F)F. The molecule has 1 atom stereocenters. The van der Waals surface area contributed by atoms with Crippen molar-refractivity contribution in [2.75, 3.05) is 13.1 Å². The number of alkyl halides is 3. The van der Waals surface area contributed by atoms with Crippen LogP contribution in [-0.4, -0.2) is 51.3 Å². The molecule has 1 unspecified atom stereocenters. The first-order chi connectivity index (χ1) is 16.0. The molecule has 0 bridgehead atoms. The quantitative estimate of drug-likeness (QED) is 0.418. The molecule has 0 radical (unpaired) electrons. The summed E-state index contributed by atoms with van der Waals surface area (Å²) in [5, 5.41) is 12.8. The number of carbonyl (C=O) groups is 3. The molecule has 2 amide bonds. The van der Waals surface area contributed by atoms with Crippen molar-refractivity contribution in [3.05, 3.63) is 34.2 Å². The van der Waals surface area contributed by atoms with Crippen LogP contribution in [0.5, 0.6) is 0 Å². The number of hydrogen-bond acceptors (Lipinski definition) is 5. The van der Waals surface area contributed by atoms with Crippen molar-refractivity contribution < 1.29 is 32.7 Å². The van der Waals surface area contributed by atoms with Gasteiger partial charge in [0.15, 0.2) is 0 Å². The van der Waals surface area contributed by atoms with E-state index < -0.39 is 24.1 Å². The average Bonchev–Trinajstić information content (AvgIpc) is 3.04. The highest BCUT2D eigenvalue weighted by molar-refractivity contribution is 6.00. The van der Waals surface area contributed by atoms with Crippen LogP contribution in [0, 0.1) is 17.8 Å². The maximum atomic E-state index is 12.9. The second kappa shape index (κ2) is 10.1. The number of aliphatic carboxylic acids is 1. The number of imide groups is 1. The summed E-state index contributed by atoms with van der Waals surface area (Å²) in [6, 6.07) is 4.92. The van der Waals surface area contributed by atoms with Gasteiger partial charge in [0.05, 0.1) is 16.6 Å². The zero-order chi connectivity index (χ0) is 25.0. The van der Waals surface area contributed by atoms with Gasteiger partial charge in [-0.2, -0.15) is 13.2 Å². The molecular formula is C22H23F3N4O5. The molecule has 2 aromatic rings. The lowest BCUT2D eigenvalue weighted by Crippen LogP contribution is -2.44. The smallest absolute Gasteiger partial charge is 0.475 e. The first kappa shape index (κ1) is 25.0. The Balaban J connectivity index is 0.000000406. The second-order valence-electron chi connectivity index (χ2n) is 7.95. The van der Waals surface area contributed by atoms with E-state index in [0.717, 1.165) is 37.0 Å². The number of hydrogen-bond donors (Lipinski definition) is 3. The number of fused-ring (bicyclic) bond motifs is 1. The van der Waals surface area contributed by atoms with Crippen LogP contribution in [0.1, 0.15) is 37.3 Å². The van der Waals surface area contributed by atoms with Crippen LogP contribution in [0.2, 0.25) is 0 Å². The Morgan fingerprint density at radius 2 is 1.79 bits per heavy atom. The number of imidazole rings is 1. The number of rotatable bonds is 1. The van der Waals surface area contributed by atoms with Crippen LogP contribution in [0.25, 0.3) is 11.0 Å². The lowest BCUT2D eigenvalue weighted by atomic mass is 9.98. The van der Waals surface area contributed by atoms with E-state index in [2.05, 4.69) is 22.5 Å². The average molecular weight is 480 g/mol. The molecule has 0 spiro atoms. The summed E-state index contributed by atoms with van der Waals surface area (Å²) < 4.78 is 34.8. The van der Waals surface area contributed by atoms with Gasteiger partial charge < -0.3 is 10.4 Å². The zero-order valence-electron chi connectivity index (χ0n) is 18.2. The molecule has 2 aliphatic heterocycles. The highest BCUT2D eigenvalue weighted by Gasteiger charge is 2.38. The summed E-state index contributed by atoms with van der Waals surface area (Å²) in [6.45, 7) is 1.96. The van der Waals surface area contributed by atoms with Crippen LogP contribution >= 0.6 is 0 Å². The highest BCUT2D eigenvalue weighted by Crippen LogP contribution is 2.25. The van der Waals surface area contributed by atoms with Gasteiger partial charge in [-0.3, -0.25) is 24.0 Å². The number of aryl methyl sites for hydroxylation is 1. The molecule has 2 aliphatic rings. The number of benzene rings is 1. The van der Waals surface area contributed by atoms with E-state index in [-0.39, 0.29) is 18.0 Å². The van der Waals surface area contributed by atoms with Crippen molar-refractivity contribution >= 4 is 28.8 Å². The molecule has 1 aromatic carbocycles. The number of amides is 2. The predicted octanol–water partition coefficient (Wildman–Crippen LogP) is 1.30. The van der Waals surface area contributed by atoms with Gasteiger partial charge in [-0.15, -0.1) is 0 Å². The number of piperidine rings is 2. The summed E-state index contributed by atoms with van der Waals surface area (Å²) in [5.41, 5.74) is 1.93. The van der Waals surface area contributed by atoms with E-state index >= 15 is 0 Å². The van der Waals surface area contributed by atoms with Gasteiger partial charge in [-0.1, -0.05) is 17.9 Å². The number of nitrogens with one attached hydrogen (secondary N) is 2. The Morgan fingerprint density at radius 1 is 1.15 bits per heavy atom. The molecule has 3 heterocycles. The molecule has 2 fully saturated rings. The van der Waals surface area contributed by atoms with Crippen LogP contribution in [0.4, 0.5) is 13.2 Å². The van der Waals surface area contributed by atoms with Crippen molar-refractivity contribution in [1.29, 1.82) is 0 Å². The topological polar surface area (TPSA) is 122 Å². The Morgan fingerprint density at radius 3 is 2.38 bits per heavy atom. The zero-order valence-corrected chi connectivity index (χ0v) is 18.2. The Kier molecular flexibility index (Phi) is 7.46. The van der Waals surface area contributed by atoms with Crippen molar-refractivity contribution in [3.63, 3.8) is 0 Å². The lowest BCUT2D eigenvalue weighted by Gasteiger charge is -2.21. The molecule has 34 heavy (non-hydrogen) atoms. The molecular weight excluding hydrogens is 457 g/mol. The fourth-order valence-electron chi connectivity index (χ4n) is 3.92. The van der Waals surface area contributed by atoms with E-state index in [1.165, 1.54) is 4.57 Å². The summed E-state index contributed by atoms with van der Waals surface area (Å²) in [6.07, 6.45) is -2.47. The van der Waals surface area contributed by atoms with Crippen LogP contribution in [-0.2, 0) is 21.4 Å². The van der Waals surface area contributed by atoms with Gasteiger partial charge in [0.1, 0.15) is 6.04 Å². The third kappa shape index (κ3) is 5.48. The van der Waals surface area contributed by atoms with Gasteiger partial charge in [0.2, 0.25) is 11.8 Å². The molecule has 0 aliphatic carbocycles. The highest BCUT2D eigenvalue weighted by atomic mass is 19.4. The molecule has 12 heteroatoms. The molecule has 2 saturated heterocycles. The number of carboxylic acid groups (broad SMARTS) is 1. The van der Waals surface area contributed by atoms with Crippen molar-refractivity contribution in [3.8, 4) is 11.8 Å². The number of carbonyl (C=O) groups excluding carboxylic acids is 2. The van der Waals surface area contributed by atoms with Gasteiger partial charge in [-0.25, -0.2) is 9.59 Å². The minimum Gasteiger partial charge on any atom is -0.475 e. The minimum atomic E-state index is -5.08. The van der Waals surface area contributed by atoms with E-state index in [0.29, 0.717) is 17.9 Å². The third-order valence-electron chi connectivity index (χ3n) is 5.62. The minimum absolute atomic E-state index is 0.231. The monoisotopic (exact) mass is 480 g/mol. The molecule has 182 valence electrons. The number of aromatic nitrogens is 2. The van der Waals surface area contributed by atoms with E-state index in [9.17, 15) is 27.6 Å². The Labute approximate surface area is 191 Å². The maximum Gasteiger partial charge on any atom is 0.490 e. The van der Waals surface area contributed by atoms with E-state index in [1.54, 1.807) is 11.6 Å². The van der Waals surface area contributed by atoms with Crippen LogP contribution in [0.3, 0.4) is 0 Å². The fraction of sp³-hybridized carbons (Fsp3) is 0.455. The molecule has 4 rings (SSSR count). The number of nitrogens with zero attached hydrogens (tertiary/aromatic N) is 2. The normalized spacial score (nSPS) is 19.0. The molecule has 3 N–H and O–H groups in total. The molecule has 1 aromatic heterocycles. The summed E-state index contributed by atoms with van der Waals surface area (Å²) in [5.74, 6) is 3.48. The van der Waals surface area contributed by atoms with E-state index in [1.807, 2.05) is 18.2 Å². The first-order valence-electron chi connectivity index (χ1n) is 10.6. The van der Waals surface area contributed by atoms with Gasteiger partial charge >= 0.3 is 17.8 Å². The maximum absolute atomic E-state index is 12.9. The fourth-order valence-corrected chi connectivity index (χ4v) is 3.92. The third-order valence-corrected chi connectivity index (χ3v) is 5.62. The van der Waals surface area contributed by atoms with Crippen molar-refractivity contribution in [2.24, 2.45) is 13.0 Å². The van der Waals surface area contributed by atoms with Crippen LogP contribution in [0.15, 0.2) is 23.0 Å². The first-order valence-corrected chi connectivity index (χ1v) is 10.6. The predicted molar refractivity (Wildman–Crippen MR) is 115 cm³/mol.